The molecule has 1 unspecified atom stereocenters. The number of rotatable bonds is 8. The van der Waals surface area contributed by atoms with Crippen molar-refractivity contribution in [1.29, 1.82) is 0 Å². The molecule has 112 valence electrons. The molecule has 0 aliphatic heterocycles. The second-order valence-electron chi connectivity index (χ2n) is 5.86. The number of thioether (sulfide) groups is 1. The van der Waals surface area contributed by atoms with E-state index in [0.717, 1.165) is 17.4 Å². The minimum absolute atomic E-state index is 0.392. The highest BCUT2D eigenvalue weighted by molar-refractivity contribution is 8.00. The number of halogens is 1. The van der Waals surface area contributed by atoms with Crippen LogP contribution in [-0.2, 0) is 0 Å². The summed E-state index contributed by atoms with van der Waals surface area (Å²) in [7, 11) is 0. The van der Waals surface area contributed by atoms with Gasteiger partial charge in [-0.05, 0) is 42.2 Å². The summed E-state index contributed by atoms with van der Waals surface area (Å²) in [6, 6.07) is 8.02. The van der Waals surface area contributed by atoms with E-state index in [1.807, 2.05) is 12.1 Å². The normalized spacial score (nSPS) is 13.8. The molecule has 0 radical (unpaired) electrons. The third-order valence-electron chi connectivity index (χ3n) is 3.54. The number of allylic oxidation sites excluding steroid dienone is 1. The number of benzene rings is 1. The summed E-state index contributed by atoms with van der Waals surface area (Å²) < 4.78 is 0.392. The zero-order chi connectivity index (χ0) is 15.0. The minimum atomic E-state index is 0.392. The van der Waals surface area contributed by atoms with Gasteiger partial charge in [-0.15, -0.1) is 0 Å². The average Bonchev–Trinajstić information content (AvgIpc) is 2.39. The van der Waals surface area contributed by atoms with Crippen LogP contribution in [0.3, 0.4) is 0 Å². The van der Waals surface area contributed by atoms with Crippen molar-refractivity contribution in [1.82, 2.24) is 0 Å². The van der Waals surface area contributed by atoms with E-state index in [9.17, 15) is 0 Å². The molecule has 0 amide bonds. The lowest BCUT2D eigenvalue weighted by Crippen LogP contribution is -2.20. The molecule has 0 aromatic heterocycles. The smallest absolute Gasteiger partial charge is 0.0406 e. The highest BCUT2D eigenvalue weighted by Gasteiger charge is 2.21. The lowest BCUT2D eigenvalue weighted by atomic mass is 9.91. The monoisotopic (exact) mass is 310 g/mol. The molecule has 1 aromatic rings. The fourth-order valence-electron chi connectivity index (χ4n) is 2.51. The van der Waals surface area contributed by atoms with E-state index < -0.39 is 0 Å². The Balaban J connectivity index is 2.50. The van der Waals surface area contributed by atoms with Gasteiger partial charge in [0.25, 0.3) is 0 Å². The Bertz CT molecular complexity index is 406. The summed E-state index contributed by atoms with van der Waals surface area (Å²) in [5.41, 5.74) is 1.23. The molecule has 0 N–H and O–H groups in total. The van der Waals surface area contributed by atoms with Crippen molar-refractivity contribution >= 4 is 29.4 Å². The molecule has 0 spiro atoms. The van der Waals surface area contributed by atoms with Crippen LogP contribution >= 0.6 is 23.4 Å². The second-order valence-corrected chi connectivity index (χ2v) is 8.27. The van der Waals surface area contributed by atoms with E-state index in [2.05, 4.69) is 63.7 Å². The summed E-state index contributed by atoms with van der Waals surface area (Å²) in [6.45, 7) is 9.28. The van der Waals surface area contributed by atoms with Gasteiger partial charge in [-0.2, -0.15) is 11.8 Å². The largest absolute Gasteiger partial charge is 0.156 e. The number of hydrogen-bond donors (Lipinski definition) is 0. The molecule has 0 saturated heterocycles. The van der Waals surface area contributed by atoms with Crippen molar-refractivity contribution in [2.24, 2.45) is 5.92 Å². The molecule has 0 bridgehead atoms. The van der Waals surface area contributed by atoms with Gasteiger partial charge in [0.15, 0.2) is 0 Å². The molecule has 1 rings (SSSR count). The van der Waals surface area contributed by atoms with Gasteiger partial charge >= 0.3 is 0 Å². The fourth-order valence-corrected chi connectivity index (χ4v) is 3.77. The zero-order valence-corrected chi connectivity index (χ0v) is 14.7. The maximum absolute atomic E-state index is 5.89. The predicted octanol–water partition coefficient (Wildman–Crippen LogP) is 6.69. The summed E-state index contributed by atoms with van der Waals surface area (Å²) in [4.78, 5) is 0. The Morgan fingerprint density at radius 3 is 2.40 bits per heavy atom. The van der Waals surface area contributed by atoms with Crippen molar-refractivity contribution in [3.8, 4) is 0 Å². The molecular weight excluding hydrogens is 284 g/mol. The van der Waals surface area contributed by atoms with Crippen molar-refractivity contribution in [2.75, 3.05) is 5.75 Å². The van der Waals surface area contributed by atoms with Crippen molar-refractivity contribution < 1.29 is 0 Å². The van der Waals surface area contributed by atoms with Crippen LogP contribution < -0.4 is 0 Å². The molecule has 0 aliphatic carbocycles. The molecule has 20 heavy (non-hydrogen) atoms. The highest BCUT2D eigenvalue weighted by atomic mass is 35.5. The van der Waals surface area contributed by atoms with E-state index in [1.165, 1.54) is 24.2 Å². The minimum Gasteiger partial charge on any atom is -0.156 e. The van der Waals surface area contributed by atoms with Gasteiger partial charge in [0, 0.05) is 9.77 Å². The highest BCUT2D eigenvalue weighted by Crippen LogP contribution is 2.33. The van der Waals surface area contributed by atoms with Gasteiger partial charge in [-0.1, -0.05) is 70.0 Å². The molecule has 1 aromatic carbocycles. The van der Waals surface area contributed by atoms with Gasteiger partial charge in [0.2, 0.25) is 0 Å². The molecule has 0 fully saturated rings. The Kier molecular flexibility index (Phi) is 7.76. The van der Waals surface area contributed by atoms with Gasteiger partial charge in [-0.25, -0.2) is 0 Å². The first-order valence-corrected chi connectivity index (χ1v) is 8.89. The Morgan fingerprint density at radius 1 is 1.20 bits per heavy atom. The molecule has 0 saturated carbocycles. The third-order valence-corrected chi connectivity index (χ3v) is 5.03. The van der Waals surface area contributed by atoms with Crippen LogP contribution in [0.1, 0.15) is 52.5 Å². The van der Waals surface area contributed by atoms with E-state index in [1.54, 1.807) is 0 Å². The van der Waals surface area contributed by atoms with Crippen LogP contribution in [0.5, 0.6) is 0 Å². The fraction of sp³-hybridized carbons (Fsp3) is 0.556. The van der Waals surface area contributed by atoms with Crippen LogP contribution in [0.4, 0.5) is 0 Å². The zero-order valence-electron chi connectivity index (χ0n) is 13.2. The van der Waals surface area contributed by atoms with Crippen LogP contribution in [0, 0.1) is 5.92 Å². The molecule has 0 heterocycles. The SMILES string of the molecule is CCSC(C)(C)CC(CC)CC=Cc1ccc(Cl)cc1. The quantitative estimate of drug-likeness (QED) is 0.515. The standard InChI is InChI=1S/C18H27ClS/c1-5-15(14-18(3,4)20-6-2)8-7-9-16-10-12-17(19)13-11-16/h7,9-13,15H,5-6,8,14H2,1-4H3. The van der Waals surface area contributed by atoms with E-state index in [0.29, 0.717) is 4.75 Å². The molecule has 1 atom stereocenters. The van der Waals surface area contributed by atoms with Crippen LogP contribution in [0.15, 0.2) is 30.3 Å². The first-order chi connectivity index (χ1) is 9.46. The Morgan fingerprint density at radius 2 is 1.85 bits per heavy atom. The Labute approximate surface area is 134 Å². The summed E-state index contributed by atoms with van der Waals surface area (Å²) in [5.74, 6) is 1.97. The topological polar surface area (TPSA) is 0 Å². The van der Waals surface area contributed by atoms with Gasteiger partial charge in [0.05, 0.1) is 0 Å². The first kappa shape index (κ1) is 17.7. The molecule has 0 aliphatic rings. The molecular formula is C18H27ClS. The maximum atomic E-state index is 5.89. The van der Waals surface area contributed by atoms with Crippen molar-refractivity contribution in [3.63, 3.8) is 0 Å². The summed E-state index contributed by atoms with van der Waals surface area (Å²) >= 11 is 7.96. The van der Waals surface area contributed by atoms with Gasteiger partial charge in [0.1, 0.15) is 0 Å². The van der Waals surface area contributed by atoms with E-state index in [4.69, 9.17) is 11.6 Å². The third kappa shape index (κ3) is 6.85. The van der Waals surface area contributed by atoms with Crippen LogP contribution in [-0.4, -0.2) is 10.5 Å². The lowest BCUT2D eigenvalue weighted by Gasteiger charge is -2.28. The molecule has 2 heteroatoms. The summed E-state index contributed by atoms with van der Waals surface area (Å²) in [6.07, 6.45) is 8.21. The van der Waals surface area contributed by atoms with Crippen LogP contribution in [0.2, 0.25) is 5.02 Å². The number of hydrogen-bond acceptors (Lipinski definition) is 1. The molecule has 0 nitrogen and oxygen atoms in total. The van der Waals surface area contributed by atoms with E-state index >= 15 is 0 Å². The Hall–Kier alpha value is -0.400. The van der Waals surface area contributed by atoms with Crippen molar-refractivity contribution in [2.45, 2.75) is 51.7 Å². The predicted molar refractivity (Wildman–Crippen MR) is 95.7 cm³/mol. The van der Waals surface area contributed by atoms with Crippen molar-refractivity contribution in [3.05, 3.63) is 40.9 Å². The van der Waals surface area contributed by atoms with Gasteiger partial charge < -0.3 is 0 Å². The second kappa shape index (κ2) is 8.79. The lowest BCUT2D eigenvalue weighted by molar-refractivity contribution is 0.426. The summed E-state index contributed by atoms with van der Waals surface area (Å²) in [5, 5.41) is 0.798. The average molecular weight is 311 g/mol. The van der Waals surface area contributed by atoms with Gasteiger partial charge in [-0.3, -0.25) is 0 Å². The van der Waals surface area contributed by atoms with Crippen LogP contribution in [0.25, 0.3) is 6.08 Å². The maximum Gasteiger partial charge on any atom is 0.0406 e. The first-order valence-electron chi connectivity index (χ1n) is 7.53. The van der Waals surface area contributed by atoms with E-state index in [-0.39, 0.29) is 0 Å².